The van der Waals surface area contributed by atoms with Crippen LogP contribution in [-0.4, -0.2) is 18.0 Å². The van der Waals surface area contributed by atoms with E-state index in [-0.39, 0.29) is 12.1 Å². The molecule has 0 saturated carbocycles. The highest BCUT2D eigenvalue weighted by Crippen LogP contribution is 2.13. The van der Waals surface area contributed by atoms with E-state index in [1.54, 1.807) is 13.0 Å². The second-order valence-electron chi connectivity index (χ2n) is 1.95. The number of carbonyl (C=O) groups is 1. The van der Waals surface area contributed by atoms with Crippen LogP contribution in [0.2, 0.25) is 0 Å². The van der Waals surface area contributed by atoms with Crippen molar-refractivity contribution in [2.75, 3.05) is 5.88 Å². The Bertz CT molecular complexity index is 162. The predicted molar refractivity (Wildman–Crippen MR) is 34.4 cm³/mol. The van der Waals surface area contributed by atoms with Crippen molar-refractivity contribution in [3.8, 4) is 0 Å². The van der Waals surface area contributed by atoms with E-state index < -0.39 is 0 Å². The quantitative estimate of drug-likeness (QED) is 0.409. The van der Waals surface area contributed by atoms with Gasteiger partial charge in [0.05, 0.1) is 5.88 Å². The molecule has 1 rings (SSSR count). The zero-order valence-electron chi connectivity index (χ0n) is 5.06. The molecule has 0 unspecified atom stereocenters. The second-order valence-corrected chi connectivity index (χ2v) is 2.26. The van der Waals surface area contributed by atoms with Crippen molar-refractivity contribution in [1.82, 2.24) is 0 Å². The van der Waals surface area contributed by atoms with Gasteiger partial charge in [0.25, 0.3) is 0 Å². The summed E-state index contributed by atoms with van der Waals surface area (Å²) < 4.78 is 4.76. The molecule has 1 atom stereocenters. The average molecular weight is 147 g/mol. The molecule has 50 valence electrons. The molecule has 9 heavy (non-hydrogen) atoms. The highest BCUT2D eigenvalue weighted by Gasteiger charge is 2.20. The molecule has 0 aliphatic carbocycles. The summed E-state index contributed by atoms with van der Waals surface area (Å²) in [5, 5.41) is 0. The van der Waals surface area contributed by atoms with Crippen molar-refractivity contribution >= 4 is 17.6 Å². The lowest BCUT2D eigenvalue weighted by atomic mass is 10.3. The van der Waals surface area contributed by atoms with Crippen molar-refractivity contribution in [3.05, 3.63) is 11.6 Å². The fourth-order valence-corrected chi connectivity index (χ4v) is 0.839. The van der Waals surface area contributed by atoms with Gasteiger partial charge in [-0.15, -0.1) is 11.6 Å². The number of hydrogen-bond donors (Lipinski definition) is 0. The van der Waals surface area contributed by atoms with Gasteiger partial charge in [-0.3, -0.25) is 0 Å². The third kappa shape index (κ3) is 1.24. The van der Waals surface area contributed by atoms with Crippen LogP contribution >= 0.6 is 11.6 Å². The molecule has 0 saturated heterocycles. The van der Waals surface area contributed by atoms with Crippen LogP contribution < -0.4 is 0 Å². The van der Waals surface area contributed by atoms with Gasteiger partial charge in [-0.1, -0.05) is 0 Å². The fraction of sp³-hybridized carbons (Fsp3) is 0.500. The van der Waals surface area contributed by atoms with Gasteiger partial charge in [-0.2, -0.15) is 0 Å². The Morgan fingerprint density at radius 2 is 2.56 bits per heavy atom. The largest absolute Gasteiger partial charge is 0.453 e. The lowest BCUT2D eigenvalue weighted by Crippen LogP contribution is -2.08. The Morgan fingerprint density at radius 3 is 2.78 bits per heavy atom. The first kappa shape index (κ1) is 6.62. The summed E-state index contributed by atoms with van der Waals surface area (Å²) in [5.74, 6) is 0.101. The minimum absolute atomic E-state index is 0.195. The number of halogens is 1. The maximum absolute atomic E-state index is 10.6. The molecule has 0 bridgehead atoms. The third-order valence-corrected chi connectivity index (χ3v) is 1.47. The third-order valence-electron chi connectivity index (χ3n) is 1.17. The standard InChI is InChI=1S/C6H7ClO2/c1-4-2-5(3-7)9-6(4)8/h2,5H,3H2,1H3/t5-/m1/s1. The van der Waals surface area contributed by atoms with Crippen LogP contribution in [0.15, 0.2) is 11.6 Å². The van der Waals surface area contributed by atoms with Gasteiger partial charge in [0, 0.05) is 5.57 Å². The molecule has 2 nitrogen and oxygen atoms in total. The summed E-state index contributed by atoms with van der Waals surface area (Å²) in [6.45, 7) is 1.72. The summed E-state index contributed by atoms with van der Waals surface area (Å²) in [4.78, 5) is 10.6. The van der Waals surface area contributed by atoms with Gasteiger partial charge in [0.1, 0.15) is 6.10 Å². The molecule has 0 N–H and O–H groups in total. The lowest BCUT2D eigenvalue weighted by molar-refractivity contribution is -0.138. The number of ether oxygens (including phenoxy) is 1. The smallest absolute Gasteiger partial charge is 0.334 e. The number of hydrogen-bond acceptors (Lipinski definition) is 2. The van der Waals surface area contributed by atoms with Crippen LogP contribution in [0, 0.1) is 0 Å². The van der Waals surface area contributed by atoms with E-state index in [0.29, 0.717) is 11.5 Å². The molecule has 0 amide bonds. The molecule has 0 aromatic carbocycles. The highest BCUT2D eigenvalue weighted by atomic mass is 35.5. The van der Waals surface area contributed by atoms with Gasteiger partial charge < -0.3 is 4.74 Å². The Hall–Kier alpha value is -0.500. The van der Waals surface area contributed by atoms with E-state index in [9.17, 15) is 4.79 Å². The highest BCUT2D eigenvalue weighted by molar-refractivity contribution is 6.18. The number of esters is 1. The molecular weight excluding hydrogens is 140 g/mol. The first-order chi connectivity index (χ1) is 4.24. The molecule has 0 fully saturated rings. The molecular formula is C6H7ClO2. The molecule has 0 aromatic rings. The van der Waals surface area contributed by atoms with Crippen molar-refractivity contribution in [2.45, 2.75) is 13.0 Å². The number of cyclic esters (lactones) is 1. The Kier molecular flexibility index (Phi) is 1.76. The summed E-state index contributed by atoms with van der Waals surface area (Å²) in [6.07, 6.45) is 1.54. The van der Waals surface area contributed by atoms with Crippen molar-refractivity contribution < 1.29 is 9.53 Å². The van der Waals surface area contributed by atoms with E-state index >= 15 is 0 Å². The van der Waals surface area contributed by atoms with Crippen molar-refractivity contribution in [3.63, 3.8) is 0 Å². The Morgan fingerprint density at radius 1 is 1.89 bits per heavy atom. The second kappa shape index (κ2) is 2.40. The van der Waals surface area contributed by atoms with Gasteiger partial charge in [0.2, 0.25) is 0 Å². The predicted octanol–water partition coefficient (Wildman–Crippen LogP) is 1.10. The molecule has 0 aromatic heterocycles. The van der Waals surface area contributed by atoms with Crippen LogP contribution in [0.5, 0.6) is 0 Å². The summed E-state index contributed by atoms with van der Waals surface area (Å²) in [6, 6.07) is 0. The average Bonchev–Trinajstić information content (AvgIpc) is 2.13. The number of carbonyl (C=O) groups excluding carboxylic acids is 1. The summed E-state index contributed by atoms with van der Waals surface area (Å²) >= 11 is 5.42. The van der Waals surface area contributed by atoms with E-state index in [1.807, 2.05) is 0 Å². The van der Waals surface area contributed by atoms with Gasteiger partial charge >= 0.3 is 5.97 Å². The van der Waals surface area contributed by atoms with Gasteiger partial charge in [-0.25, -0.2) is 4.79 Å². The number of alkyl halides is 1. The Labute approximate surface area is 58.4 Å². The normalized spacial score (nSPS) is 25.8. The van der Waals surface area contributed by atoms with Crippen LogP contribution in [0.25, 0.3) is 0 Å². The lowest BCUT2D eigenvalue weighted by Gasteiger charge is -2.00. The number of rotatable bonds is 1. The SMILES string of the molecule is CC1=C[C@H](CCl)OC1=O. The minimum Gasteiger partial charge on any atom is -0.453 e. The zero-order chi connectivity index (χ0) is 6.85. The molecule has 1 heterocycles. The fourth-order valence-electron chi connectivity index (χ4n) is 0.687. The molecule has 3 heteroatoms. The first-order valence-corrected chi connectivity index (χ1v) is 3.23. The van der Waals surface area contributed by atoms with Crippen molar-refractivity contribution in [1.29, 1.82) is 0 Å². The van der Waals surface area contributed by atoms with Gasteiger partial charge in [-0.05, 0) is 13.0 Å². The summed E-state index contributed by atoms with van der Waals surface area (Å²) in [5.41, 5.74) is 0.653. The van der Waals surface area contributed by atoms with Gasteiger partial charge in [0.15, 0.2) is 0 Å². The first-order valence-electron chi connectivity index (χ1n) is 2.69. The van der Waals surface area contributed by atoms with Crippen LogP contribution in [0.4, 0.5) is 0 Å². The maximum atomic E-state index is 10.6. The van der Waals surface area contributed by atoms with E-state index in [2.05, 4.69) is 0 Å². The molecule has 0 radical (unpaired) electrons. The summed E-state index contributed by atoms with van der Waals surface area (Å²) in [7, 11) is 0. The van der Waals surface area contributed by atoms with Crippen LogP contribution in [-0.2, 0) is 9.53 Å². The maximum Gasteiger partial charge on any atom is 0.334 e. The van der Waals surface area contributed by atoms with Crippen LogP contribution in [0.1, 0.15) is 6.92 Å². The zero-order valence-corrected chi connectivity index (χ0v) is 5.81. The van der Waals surface area contributed by atoms with Crippen molar-refractivity contribution in [2.24, 2.45) is 0 Å². The molecule has 1 aliphatic heterocycles. The molecule has 0 spiro atoms. The topological polar surface area (TPSA) is 26.3 Å². The Balaban J connectivity index is 2.62. The molecule has 1 aliphatic rings. The van der Waals surface area contributed by atoms with E-state index in [1.165, 1.54) is 0 Å². The monoisotopic (exact) mass is 146 g/mol. The van der Waals surface area contributed by atoms with E-state index in [4.69, 9.17) is 16.3 Å². The van der Waals surface area contributed by atoms with E-state index in [0.717, 1.165) is 0 Å². The minimum atomic E-state index is -0.249. The van der Waals surface area contributed by atoms with Crippen LogP contribution in [0.3, 0.4) is 0 Å².